The number of nitrogens with one attached hydrogen (secondary N) is 1. The number of para-hydroxylation sites is 1. The lowest BCUT2D eigenvalue weighted by molar-refractivity contribution is 0.591. The van der Waals surface area contributed by atoms with Crippen molar-refractivity contribution in [3.05, 3.63) is 70.3 Å². The molecule has 0 aliphatic carbocycles. The molecule has 2 aromatic heterocycles. The Kier molecular flexibility index (Phi) is 5.72. The fraction of sp³-hybridized carbons (Fsp3) is 0.333. The summed E-state index contributed by atoms with van der Waals surface area (Å²) < 4.78 is 52.4. The van der Waals surface area contributed by atoms with Crippen molar-refractivity contribution >= 4 is 25.5 Å². The van der Waals surface area contributed by atoms with E-state index in [2.05, 4.69) is 10.1 Å². The fourth-order valence-corrected chi connectivity index (χ4v) is 7.27. The Morgan fingerprint density at radius 1 is 1.19 bits per heavy atom. The summed E-state index contributed by atoms with van der Waals surface area (Å²) in [7, 11) is -6.97. The Morgan fingerprint density at radius 3 is 2.47 bits per heavy atom. The van der Waals surface area contributed by atoms with Crippen molar-refractivity contribution in [2.75, 3.05) is 22.4 Å². The Hall–Kier alpha value is -2.92. The van der Waals surface area contributed by atoms with Crippen molar-refractivity contribution in [2.24, 2.45) is 0 Å². The van der Waals surface area contributed by atoms with Gasteiger partial charge in [0.15, 0.2) is 15.7 Å². The van der Waals surface area contributed by atoms with Gasteiger partial charge in [-0.2, -0.15) is 0 Å². The zero-order chi connectivity index (χ0) is 23.1. The van der Waals surface area contributed by atoms with Crippen molar-refractivity contribution in [2.45, 2.75) is 31.1 Å². The maximum atomic E-state index is 13.1. The number of sulfonamides is 1. The van der Waals surface area contributed by atoms with E-state index >= 15 is 0 Å². The normalized spacial score (nSPS) is 18.0. The summed E-state index contributed by atoms with van der Waals surface area (Å²) in [6, 6.07) is 11.6. The zero-order valence-electron chi connectivity index (χ0n) is 17.7. The number of aromatic nitrogens is 3. The molecule has 32 heavy (non-hydrogen) atoms. The van der Waals surface area contributed by atoms with E-state index in [1.54, 1.807) is 38.1 Å². The molecule has 0 bridgehead atoms. The number of H-pyrrole nitrogens is 1. The zero-order valence-corrected chi connectivity index (χ0v) is 19.4. The van der Waals surface area contributed by atoms with Crippen LogP contribution in [0.2, 0.25) is 0 Å². The number of pyridine rings is 1. The molecule has 1 fully saturated rings. The number of nitrogens with zero attached hydrogens (tertiary/aromatic N) is 3. The van der Waals surface area contributed by atoms with Gasteiger partial charge in [0.25, 0.3) is 15.6 Å². The maximum Gasteiger partial charge on any atom is 0.276 e. The van der Waals surface area contributed by atoms with Crippen LogP contribution in [0.15, 0.2) is 58.4 Å². The van der Waals surface area contributed by atoms with Crippen LogP contribution < -0.4 is 9.86 Å². The number of benzene rings is 1. The monoisotopic (exact) mass is 476 g/mol. The number of rotatable bonds is 6. The molecule has 4 rings (SSSR count). The standard InChI is InChI=1S/C21H24N4O5S2/c1-3-24(17-7-5-4-6-8-17)32(29,30)18-9-10-19(22-13-18)25-21(26)20(15(2)23-25)16-11-12-31(27,28)14-16/h4-10,13,16,23H,3,11-12,14H2,1-2H3. The minimum absolute atomic E-state index is 0.00499. The van der Waals surface area contributed by atoms with E-state index in [1.165, 1.54) is 27.3 Å². The molecule has 1 aromatic carbocycles. The molecule has 3 heterocycles. The highest BCUT2D eigenvalue weighted by Crippen LogP contribution is 2.29. The van der Waals surface area contributed by atoms with E-state index in [0.717, 1.165) is 0 Å². The molecule has 0 saturated carbocycles. The number of sulfone groups is 1. The highest BCUT2D eigenvalue weighted by molar-refractivity contribution is 7.92. The molecule has 9 nitrogen and oxygen atoms in total. The largest absolute Gasteiger partial charge is 0.294 e. The Morgan fingerprint density at radius 2 is 1.91 bits per heavy atom. The van der Waals surface area contributed by atoms with Crippen LogP contribution in [0, 0.1) is 6.92 Å². The molecule has 170 valence electrons. The molecular weight excluding hydrogens is 452 g/mol. The van der Waals surface area contributed by atoms with Gasteiger partial charge < -0.3 is 0 Å². The highest BCUT2D eigenvalue weighted by Gasteiger charge is 2.33. The molecule has 3 aromatic rings. The van der Waals surface area contributed by atoms with Crippen molar-refractivity contribution in [1.29, 1.82) is 0 Å². The lowest BCUT2D eigenvalue weighted by Gasteiger charge is -2.22. The van der Waals surface area contributed by atoms with Crippen LogP contribution >= 0.6 is 0 Å². The summed E-state index contributed by atoms with van der Waals surface area (Å²) >= 11 is 0. The van der Waals surface area contributed by atoms with Crippen molar-refractivity contribution < 1.29 is 16.8 Å². The Labute approximate surface area is 186 Å². The third-order valence-corrected chi connectivity index (χ3v) is 9.28. The van der Waals surface area contributed by atoms with E-state index in [0.29, 0.717) is 23.4 Å². The molecule has 1 aliphatic rings. The number of aryl methyl sites for hydroxylation is 1. The number of hydrogen-bond donors (Lipinski definition) is 1. The highest BCUT2D eigenvalue weighted by atomic mass is 32.2. The van der Waals surface area contributed by atoms with Gasteiger partial charge in [0.1, 0.15) is 4.90 Å². The first-order chi connectivity index (χ1) is 15.1. The van der Waals surface area contributed by atoms with Crippen LogP contribution in [-0.4, -0.2) is 49.7 Å². The molecule has 1 atom stereocenters. The second kappa shape index (κ2) is 8.21. The van der Waals surface area contributed by atoms with E-state index in [4.69, 9.17) is 0 Å². The first-order valence-corrected chi connectivity index (χ1v) is 13.5. The summed E-state index contributed by atoms with van der Waals surface area (Å²) in [5.41, 5.74) is 1.20. The smallest absolute Gasteiger partial charge is 0.276 e. The minimum atomic E-state index is -3.84. The third kappa shape index (κ3) is 3.97. The van der Waals surface area contributed by atoms with Crippen LogP contribution in [0.5, 0.6) is 0 Å². The lowest BCUT2D eigenvalue weighted by Crippen LogP contribution is -2.31. The summed E-state index contributed by atoms with van der Waals surface area (Å²) in [6.45, 7) is 3.71. The Bertz CT molecular complexity index is 1390. The Balaban J connectivity index is 1.66. The predicted octanol–water partition coefficient (Wildman–Crippen LogP) is 1.99. The first kappa shape index (κ1) is 22.3. The van der Waals surface area contributed by atoms with Gasteiger partial charge in [-0.05, 0) is 44.5 Å². The molecule has 1 aliphatic heterocycles. The summed E-state index contributed by atoms with van der Waals surface area (Å²) in [5.74, 6) is -0.0970. The quantitative estimate of drug-likeness (QED) is 0.581. The van der Waals surface area contributed by atoms with Gasteiger partial charge in [-0.1, -0.05) is 18.2 Å². The first-order valence-electron chi connectivity index (χ1n) is 10.2. The number of anilines is 1. The third-order valence-electron chi connectivity index (χ3n) is 5.63. The summed E-state index contributed by atoms with van der Waals surface area (Å²) in [6.07, 6.45) is 1.63. The average molecular weight is 477 g/mol. The van der Waals surface area contributed by atoms with Crippen LogP contribution in [0.3, 0.4) is 0 Å². The topological polar surface area (TPSA) is 122 Å². The van der Waals surface area contributed by atoms with E-state index < -0.39 is 19.9 Å². The summed E-state index contributed by atoms with van der Waals surface area (Å²) in [4.78, 5) is 17.2. The number of hydrogen-bond acceptors (Lipinski definition) is 6. The van der Waals surface area contributed by atoms with Gasteiger partial charge in [0.05, 0.1) is 17.2 Å². The van der Waals surface area contributed by atoms with Crippen LogP contribution in [-0.2, 0) is 19.9 Å². The maximum absolute atomic E-state index is 13.1. The second-order valence-corrected chi connectivity index (χ2v) is 11.8. The predicted molar refractivity (Wildman–Crippen MR) is 122 cm³/mol. The second-order valence-electron chi connectivity index (χ2n) is 7.75. The van der Waals surface area contributed by atoms with Gasteiger partial charge >= 0.3 is 0 Å². The van der Waals surface area contributed by atoms with E-state index in [-0.39, 0.29) is 40.2 Å². The van der Waals surface area contributed by atoms with Crippen LogP contribution in [0.4, 0.5) is 5.69 Å². The van der Waals surface area contributed by atoms with Gasteiger partial charge in [-0.3, -0.25) is 14.2 Å². The van der Waals surface area contributed by atoms with Gasteiger partial charge in [0, 0.05) is 29.9 Å². The van der Waals surface area contributed by atoms with Crippen molar-refractivity contribution in [3.63, 3.8) is 0 Å². The molecule has 1 N–H and O–H groups in total. The molecule has 11 heteroatoms. The van der Waals surface area contributed by atoms with Gasteiger partial charge in [-0.15, -0.1) is 0 Å². The van der Waals surface area contributed by atoms with E-state index in [1.807, 2.05) is 6.07 Å². The number of aromatic amines is 1. The minimum Gasteiger partial charge on any atom is -0.294 e. The van der Waals surface area contributed by atoms with Gasteiger partial charge in [0.2, 0.25) is 0 Å². The van der Waals surface area contributed by atoms with E-state index in [9.17, 15) is 21.6 Å². The molecule has 0 radical (unpaired) electrons. The molecule has 0 amide bonds. The fourth-order valence-electron chi connectivity index (χ4n) is 4.09. The van der Waals surface area contributed by atoms with Gasteiger partial charge in [-0.25, -0.2) is 26.5 Å². The van der Waals surface area contributed by atoms with Crippen LogP contribution in [0.25, 0.3) is 5.82 Å². The molecule has 1 unspecified atom stereocenters. The SMILES string of the molecule is CCN(c1ccccc1)S(=O)(=O)c1ccc(-n2[nH]c(C)c(C3CCS(=O)(=O)C3)c2=O)nc1. The van der Waals surface area contributed by atoms with Crippen molar-refractivity contribution in [1.82, 2.24) is 14.8 Å². The van der Waals surface area contributed by atoms with Crippen LogP contribution in [0.1, 0.15) is 30.5 Å². The average Bonchev–Trinajstić information content (AvgIpc) is 3.26. The summed E-state index contributed by atoms with van der Waals surface area (Å²) in [5, 5.41) is 2.94. The molecule has 1 saturated heterocycles. The molecule has 0 spiro atoms. The van der Waals surface area contributed by atoms with Crippen molar-refractivity contribution in [3.8, 4) is 5.82 Å². The lowest BCUT2D eigenvalue weighted by atomic mass is 9.99. The molecular formula is C21H24N4O5S2.